The van der Waals surface area contributed by atoms with E-state index in [0.29, 0.717) is 15.8 Å². The smallest absolute Gasteiger partial charge is 0.261 e. The Morgan fingerprint density at radius 2 is 1.80 bits per heavy atom. The minimum Gasteiger partial charge on any atom is -0.484 e. The lowest BCUT2D eigenvalue weighted by atomic mass is 10.1. The third kappa shape index (κ3) is 6.13. The maximum atomic E-state index is 13.0. The molecule has 2 aromatic carbocycles. The Bertz CT molecular complexity index is 870. The molecule has 1 fully saturated rings. The van der Waals surface area contributed by atoms with Crippen molar-refractivity contribution in [3.05, 3.63) is 64.1 Å². The van der Waals surface area contributed by atoms with Crippen molar-refractivity contribution < 1.29 is 14.3 Å². The summed E-state index contributed by atoms with van der Waals surface area (Å²) in [6, 6.07) is 13.9. The molecule has 2 aromatic rings. The van der Waals surface area contributed by atoms with E-state index in [9.17, 15) is 9.59 Å². The first-order chi connectivity index (χ1) is 14.4. The van der Waals surface area contributed by atoms with Crippen LogP contribution in [0.25, 0.3) is 0 Å². The molecule has 2 amide bonds. The molecule has 5 nitrogen and oxygen atoms in total. The van der Waals surface area contributed by atoms with Crippen molar-refractivity contribution in [3.63, 3.8) is 0 Å². The van der Waals surface area contributed by atoms with Gasteiger partial charge in [0.25, 0.3) is 5.91 Å². The van der Waals surface area contributed by atoms with Crippen LogP contribution in [0.5, 0.6) is 5.75 Å². The molecule has 160 valence electrons. The van der Waals surface area contributed by atoms with Gasteiger partial charge in [-0.05, 0) is 49.6 Å². The van der Waals surface area contributed by atoms with Crippen molar-refractivity contribution >= 4 is 35.0 Å². The maximum absolute atomic E-state index is 13.0. The lowest BCUT2D eigenvalue weighted by molar-refractivity contribution is -0.142. The molecule has 1 N–H and O–H groups in total. The Hall–Kier alpha value is -2.24. The van der Waals surface area contributed by atoms with Gasteiger partial charge >= 0.3 is 0 Å². The van der Waals surface area contributed by atoms with E-state index < -0.39 is 6.04 Å². The predicted octanol–water partition coefficient (Wildman–Crippen LogP) is 4.85. The standard InChI is InChI=1S/C23H26Cl2N2O3/c1-16(23(29)26-18-7-5-6-8-18)27(14-17-11-12-20(24)21(25)13-17)22(28)15-30-19-9-3-2-4-10-19/h2-4,9-13,16,18H,5-8,14-15H2,1H3,(H,26,29)/t16-/m1/s1. The normalized spacial score (nSPS) is 14.9. The molecule has 0 saturated heterocycles. The minimum atomic E-state index is -0.646. The first-order valence-corrected chi connectivity index (χ1v) is 10.9. The van der Waals surface area contributed by atoms with Crippen molar-refractivity contribution in [2.75, 3.05) is 6.61 Å². The lowest BCUT2D eigenvalue weighted by Crippen LogP contribution is -2.50. The number of para-hydroxylation sites is 1. The van der Waals surface area contributed by atoms with Gasteiger partial charge in [-0.2, -0.15) is 0 Å². The second kappa shape index (κ2) is 10.7. The van der Waals surface area contributed by atoms with E-state index in [1.807, 2.05) is 18.2 Å². The molecular weight excluding hydrogens is 423 g/mol. The quantitative estimate of drug-likeness (QED) is 0.627. The van der Waals surface area contributed by atoms with Gasteiger partial charge in [0.2, 0.25) is 5.91 Å². The molecule has 0 unspecified atom stereocenters. The van der Waals surface area contributed by atoms with Crippen molar-refractivity contribution in [2.45, 2.75) is 51.2 Å². The maximum Gasteiger partial charge on any atom is 0.261 e. The van der Waals surface area contributed by atoms with Gasteiger partial charge in [-0.1, -0.05) is 60.3 Å². The van der Waals surface area contributed by atoms with E-state index in [2.05, 4.69) is 5.32 Å². The Labute approximate surface area is 187 Å². The summed E-state index contributed by atoms with van der Waals surface area (Å²) in [6.07, 6.45) is 4.21. The first-order valence-electron chi connectivity index (χ1n) is 10.2. The molecule has 0 spiro atoms. The van der Waals surface area contributed by atoms with E-state index >= 15 is 0 Å². The zero-order valence-electron chi connectivity index (χ0n) is 16.9. The number of nitrogens with zero attached hydrogens (tertiary/aromatic N) is 1. The Kier molecular flexibility index (Phi) is 8.00. The summed E-state index contributed by atoms with van der Waals surface area (Å²) < 4.78 is 5.62. The van der Waals surface area contributed by atoms with Crippen LogP contribution < -0.4 is 10.1 Å². The van der Waals surface area contributed by atoms with Crippen LogP contribution in [-0.2, 0) is 16.1 Å². The highest BCUT2D eigenvalue weighted by Crippen LogP contribution is 2.24. The Morgan fingerprint density at radius 3 is 2.47 bits per heavy atom. The molecule has 1 atom stereocenters. The number of hydrogen-bond donors (Lipinski definition) is 1. The summed E-state index contributed by atoms with van der Waals surface area (Å²) in [5.74, 6) is 0.164. The SMILES string of the molecule is C[C@H](C(=O)NC1CCCC1)N(Cc1ccc(Cl)c(Cl)c1)C(=O)COc1ccccc1. The van der Waals surface area contributed by atoms with Crippen LogP contribution in [-0.4, -0.2) is 35.4 Å². The van der Waals surface area contributed by atoms with Crippen LogP contribution in [0.15, 0.2) is 48.5 Å². The predicted molar refractivity (Wildman–Crippen MR) is 119 cm³/mol. The van der Waals surface area contributed by atoms with Gasteiger partial charge in [-0.15, -0.1) is 0 Å². The van der Waals surface area contributed by atoms with Crippen molar-refractivity contribution in [3.8, 4) is 5.75 Å². The molecule has 1 aliphatic rings. The number of amides is 2. The monoisotopic (exact) mass is 448 g/mol. The van der Waals surface area contributed by atoms with E-state index in [1.165, 1.54) is 4.90 Å². The second-order valence-electron chi connectivity index (χ2n) is 7.54. The molecule has 0 aromatic heterocycles. The molecule has 1 saturated carbocycles. The number of benzene rings is 2. The van der Waals surface area contributed by atoms with Crippen LogP contribution in [0.2, 0.25) is 10.0 Å². The second-order valence-corrected chi connectivity index (χ2v) is 8.35. The number of carbonyl (C=O) groups excluding carboxylic acids is 2. The summed E-state index contributed by atoms with van der Waals surface area (Å²) in [7, 11) is 0. The lowest BCUT2D eigenvalue weighted by Gasteiger charge is -2.29. The average molecular weight is 449 g/mol. The van der Waals surface area contributed by atoms with Gasteiger partial charge in [0, 0.05) is 12.6 Å². The van der Waals surface area contributed by atoms with E-state index in [1.54, 1.807) is 37.3 Å². The third-order valence-electron chi connectivity index (χ3n) is 5.31. The van der Waals surface area contributed by atoms with Crippen LogP contribution in [0.1, 0.15) is 38.2 Å². The first kappa shape index (κ1) is 22.4. The van der Waals surface area contributed by atoms with Crippen molar-refractivity contribution in [1.82, 2.24) is 10.2 Å². The van der Waals surface area contributed by atoms with Gasteiger partial charge < -0.3 is 15.0 Å². The number of nitrogens with one attached hydrogen (secondary N) is 1. The summed E-state index contributed by atoms with van der Waals surface area (Å²) in [4.78, 5) is 27.4. The molecule has 0 bridgehead atoms. The molecule has 0 heterocycles. The molecule has 7 heteroatoms. The Morgan fingerprint density at radius 1 is 1.10 bits per heavy atom. The molecule has 1 aliphatic carbocycles. The molecule has 30 heavy (non-hydrogen) atoms. The summed E-state index contributed by atoms with van der Waals surface area (Å²) in [5, 5.41) is 3.92. The number of carbonyl (C=O) groups is 2. The van der Waals surface area contributed by atoms with Crippen molar-refractivity contribution in [1.29, 1.82) is 0 Å². The third-order valence-corrected chi connectivity index (χ3v) is 6.05. The molecule has 0 aliphatic heterocycles. The van der Waals surface area contributed by atoms with Gasteiger partial charge in [0.1, 0.15) is 11.8 Å². The van der Waals surface area contributed by atoms with Crippen molar-refractivity contribution in [2.24, 2.45) is 0 Å². The van der Waals surface area contributed by atoms with Gasteiger partial charge in [-0.25, -0.2) is 0 Å². The minimum absolute atomic E-state index is 0.157. The highest BCUT2D eigenvalue weighted by atomic mass is 35.5. The van der Waals surface area contributed by atoms with Crippen LogP contribution >= 0.6 is 23.2 Å². The zero-order chi connectivity index (χ0) is 21.5. The fraction of sp³-hybridized carbons (Fsp3) is 0.391. The number of halogens is 2. The fourth-order valence-electron chi connectivity index (χ4n) is 3.55. The fourth-order valence-corrected chi connectivity index (χ4v) is 3.87. The molecule has 0 radical (unpaired) electrons. The van der Waals surface area contributed by atoms with E-state index in [0.717, 1.165) is 31.2 Å². The number of ether oxygens (including phenoxy) is 1. The summed E-state index contributed by atoms with van der Waals surface area (Å²) in [6.45, 7) is 1.81. The molecule has 3 rings (SSSR count). The van der Waals surface area contributed by atoms with Crippen LogP contribution in [0.3, 0.4) is 0 Å². The summed E-state index contributed by atoms with van der Waals surface area (Å²) >= 11 is 12.1. The highest BCUT2D eigenvalue weighted by molar-refractivity contribution is 6.42. The number of hydrogen-bond acceptors (Lipinski definition) is 3. The average Bonchev–Trinajstić information content (AvgIpc) is 3.26. The largest absolute Gasteiger partial charge is 0.484 e. The van der Waals surface area contributed by atoms with Gasteiger partial charge in [0.05, 0.1) is 10.0 Å². The van der Waals surface area contributed by atoms with E-state index in [-0.39, 0.29) is 31.0 Å². The highest BCUT2D eigenvalue weighted by Gasteiger charge is 2.28. The Balaban J connectivity index is 1.72. The zero-order valence-corrected chi connectivity index (χ0v) is 18.5. The van der Waals surface area contributed by atoms with Crippen LogP contribution in [0, 0.1) is 0 Å². The van der Waals surface area contributed by atoms with E-state index in [4.69, 9.17) is 27.9 Å². The van der Waals surface area contributed by atoms with Gasteiger partial charge in [0.15, 0.2) is 6.61 Å². The number of rotatable bonds is 8. The van der Waals surface area contributed by atoms with Gasteiger partial charge in [-0.3, -0.25) is 9.59 Å². The van der Waals surface area contributed by atoms with Crippen LogP contribution in [0.4, 0.5) is 0 Å². The topological polar surface area (TPSA) is 58.6 Å². The summed E-state index contributed by atoms with van der Waals surface area (Å²) in [5.41, 5.74) is 0.790. The molecular formula is C23H26Cl2N2O3.